The maximum absolute atomic E-state index is 12.7. The van der Waals surface area contributed by atoms with E-state index < -0.39 is 0 Å². The van der Waals surface area contributed by atoms with Gasteiger partial charge >= 0.3 is 0 Å². The van der Waals surface area contributed by atoms with E-state index in [1.54, 1.807) is 0 Å². The highest BCUT2D eigenvalue weighted by atomic mass is 16.2. The minimum atomic E-state index is 0.232. The highest BCUT2D eigenvalue weighted by Crippen LogP contribution is 2.29. The van der Waals surface area contributed by atoms with E-state index in [1.807, 2.05) is 30.0 Å². The topological polar surface area (TPSA) is 23.6 Å². The van der Waals surface area contributed by atoms with E-state index in [0.29, 0.717) is 18.4 Å². The predicted molar refractivity (Wildman–Crippen MR) is 116 cm³/mol. The minimum absolute atomic E-state index is 0.232. The van der Waals surface area contributed by atoms with E-state index in [2.05, 4.69) is 41.3 Å². The van der Waals surface area contributed by atoms with Gasteiger partial charge in [0, 0.05) is 31.2 Å². The molecule has 1 saturated heterocycles. The van der Waals surface area contributed by atoms with Crippen molar-refractivity contribution in [1.29, 1.82) is 0 Å². The van der Waals surface area contributed by atoms with Crippen molar-refractivity contribution in [3.8, 4) is 0 Å². The zero-order valence-electron chi connectivity index (χ0n) is 17.0. The normalized spacial score (nSPS) is 20.5. The number of anilines is 1. The summed E-state index contributed by atoms with van der Waals surface area (Å²) in [5.41, 5.74) is 4.10. The van der Waals surface area contributed by atoms with Crippen molar-refractivity contribution in [2.75, 3.05) is 24.5 Å². The van der Waals surface area contributed by atoms with Crippen LogP contribution in [0.5, 0.6) is 0 Å². The third kappa shape index (κ3) is 4.30. The maximum atomic E-state index is 12.7. The van der Waals surface area contributed by atoms with E-state index in [0.717, 1.165) is 18.8 Å². The van der Waals surface area contributed by atoms with Crippen LogP contribution in [0.4, 0.5) is 5.69 Å². The van der Waals surface area contributed by atoms with Crippen molar-refractivity contribution in [2.45, 2.75) is 51.5 Å². The standard InChI is InChI=1S/C25H32N2O/c1-2-25(28)27(23-13-4-3-5-14-23)19-20-10-8-9-15-26(18-20)24-16-21-11-6-7-12-22(21)17-24/h3-7,11-14,20,24H,2,8-10,15-19H2,1H3. The highest BCUT2D eigenvalue weighted by Gasteiger charge is 2.30. The lowest BCUT2D eigenvalue weighted by molar-refractivity contribution is -0.118. The van der Waals surface area contributed by atoms with Crippen LogP contribution in [0.3, 0.4) is 0 Å². The van der Waals surface area contributed by atoms with Gasteiger partial charge in [-0.3, -0.25) is 9.69 Å². The van der Waals surface area contributed by atoms with Crippen molar-refractivity contribution < 1.29 is 4.79 Å². The zero-order chi connectivity index (χ0) is 19.3. The van der Waals surface area contributed by atoms with Gasteiger partial charge < -0.3 is 4.90 Å². The molecule has 0 aromatic heterocycles. The molecule has 0 radical (unpaired) electrons. The minimum Gasteiger partial charge on any atom is -0.312 e. The molecule has 1 atom stereocenters. The van der Waals surface area contributed by atoms with Crippen LogP contribution >= 0.6 is 0 Å². The van der Waals surface area contributed by atoms with Crippen LogP contribution in [-0.2, 0) is 17.6 Å². The Hall–Kier alpha value is -2.13. The SMILES string of the molecule is CCC(=O)N(CC1CCCCN(C2Cc3ccccc3C2)C1)c1ccccc1. The number of hydrogen-bond donors (Lipinski definition) is 0. The van der Waals surface area contributed by atoms with E-state index in [9.17, 15) is 4.79 Å². The van der Waals surface area contributed by atoms with Gasteiger partial charge in [-0.05, 0) is 61.4 Å². The molecule has 1 aliphatic heterocycles. The number of rotatable bonds is 5. The van der Waals surface area contributed by atoms with Gasteiger partial charge in [0.05, 0.1) is 0 Å². The molecule has 2 aromatic rings. The highest BCUT2D eigenvalue weighted by molar-refractivity contribution is 5.93. The van der Waals surface area contributed by atoms with Crippen molar-refractivity contribution in [2.24, 2.45) is 5.92 Å². The fourth-order valence-corrected chi connectivity index (χ4v) is 4.94. The van der Waals surface area contributed by atoms with Crippen LogP contribution < -0.4 is 4.90 Å². The number of carbonyl (C=O) groups excluding carboxylic acids is 1. The molecule has 1 unspecified atom stereocenters. The lowest BCUT2D eigenvalue weighted by atomic mass is 10.0. The van der Waals surface area contributed by atoms with Gasteiger partial charge in [0.15, 0.2) is 0 Å². The van der Waals surface area contributed by atoms with E-state index in [-0.39, 0.29) is 5.91 Å². The molecule has 0 spiro atoms. The number of hydrogen-bond acceptors (Lipinski definition) is 2. The molecule has 148 valence electrons. The third-order valence-corrected chi connectivity index (χ3v) is 6.46. The summed E-state index contributed by atoms with van der Waals surface area (Å²) < 4.78 is 0. The first kappa shape index (κ1) is 19.2. The summed E-state index contributed by atoms with van der Waals surface area (Å²) in [6, 6.07) is 19.8. The summed E-state index contributed by atoms with van der Waals surface area (Å²) in [4.78, 5) is 17.4. The number of fused-ring (bicyclic) bond motifs is 1. The Balaban J connectivity index is 1.46. The zero-order valence-corrected chi connectivity index (χ0v) is 17.0. The number of amides is 1. The van der Waals surface area contributed by atoms with E-state index in [1.165, 1.54) is 49.8 Å². The van der Waals surface area contributed by atoms with Gasteiger partial charge in [-0.2, -0.15) is 0 Å². The molecule has 1 fully saturated rings. The molecule has 1 heterocycles. The summed E-state index contributed by atoms with van der Waals surface area (Å²) in [5.74, 6) is 0.775. The second-order valence-corrected chi connectivity index (χ2v) is 8.38. The Labute approximate surface area is 169 Å². The van der Waals surface area contributed by atoms with E-state index >= 15 is 0 Å². The molecule has 3 heteroatoms. The lowest BCUT2D eigenvalue weighted by Gasteiger charge is -2.33. The summed E-state index contributed by atoms with van der Waals surface area (Å²) in [5, 5.41) is 0. The van der Waals surface area contributed by atoms with Gasteiger partial charge in [0.1, 0.15) is 0 Å². The molecule has 1 amide bonds. The monoisotopic (exact) mass is 376 g/mol. The predicted octanol–water partition coefficient (Wildman–Crippen LogP) is 4.70. The smallest absolute Gasteiger partial charge is 0.226 e. The van der Waals surface area contributed by atoms with Crippen molar-refractivity contribution >= 4 is 11.6 Å². The molecule has 28 heavy (non-hydrogen) atoms. The summed E-state index contributed by atoms with van der Waals surface area (Å²) >= 11 is 0. The Morgan fingerprint density at radius 1 is 1.00 bits per heavy atom. The molecular weight excluding hydrogens is 344 g/mol. The average molecular weight is 377 g/mol. The molecule has 0 bridgehead atoms. The molecule has 3 nitrogen and oxygen atoms in total. The van der Waals surface area contributed by atoms with Gasteiger partial charge in [-0.25, -0.2) is 0 Å². The summed E-state index contributed by atoms with van der Waals surface area (Å²) in [6.45, 7) is 5.11. The Kier molecular flexibility index (Phi) is 6.11. The molecule has 1 aliphatic carbocycles. The fourth-order valence-electron chi connectivity index (χ4n) is 4.94. The van der Waals surface area contributed by atoms with Gasteiger partial charge in [0.25, 0.3) is 0 Å². The fraction of sp³-hybridized carbons (Fsp3) is 0.480. The molecule has 2 aromatic carbocycles. The number of carbonyl (C=O) groups is 1. The van der Waals surface area contributed by atoms with Crippen LogP contribution in [0.2, 0.25) is 0 Å². The second kappa shape index (κ2) is 8.91. The Morgan fingerprint density at radius 2 is 1.68 bits per heavy atom. The second-order valence-electron chi connectivity index (χ2n) is 8.38. The van der Waals surface area contributed by atoms with Gasteiger partial charge in [-0.15, -0.1) is 0 Å². The van der Waals surface area contributed by atoms with Crippen LogP contribution in [0.25, 0.3) is 0 Å². The van der Waals surface area contributed by atoms with Crippen LogP contribution in [0.15, 0.2) is 54.6 Å². The van der Waals surface area contributed by atoms with Crippen LogP contribution in [0.1, 0.15) is 43.7 Å². The molecule has 0 saturated carbocycles. The Bertz CT molecular complexity index is 763. The Morgan fingerprint density at radius 3 is 2.36 bits per heavy atom. The van der Waals surface area contributed by atoms with Crippen molar-refractivity contribution in [3.63, 3.8) is 0 Å². The van der Waals surface area contributed by atoms with Gasteiger partial charge in [0.2, 0.25) is 5.91 Å². The summed E-state index contributed by atoms with van der Waals surface area (Å²) in [7, 11) is 0. The number of likely N-dealkylation sites (tertiary alicyclic amines) is 1. The first-order valence-electron chi connectivity index (χ1n) is 10.9. The van der Waals surface area contributed by atoms with Crippen LogP contribution in [-0.4, -0.2) is 36.5 Å². The largest absolute Gasteiger partial charge is 0.312 e. The number of para-hydroxylation sites is 1. The molecule has 4 rings (SSSR count). The first-order valence-corrected chi connectivity index (χ1v) is 10.9. The lowest BCUT2D eigenvalue weighted by Crippen LogP contribution is -2.43. The van der Waals surface area contributed by atoms with Gasteiger partial charge in [-0.1, -0.05) is 55.8 Å². The molecule has 2 aliphatic rings. The maximum Gasteiger partial charge on any atom is 0.226 e. The van der Waals surface area contributed by atoms with Crippen LogP contribution in [0, 0.1) is 5.92 Å². The average Bonchev–Trinajstić information content (AvgIpc) is 3.04. The quantitative estimate of drug-likeness (QED) is 0.755. The van der Waals surface area contributed by atoms with Crippen molar-refractivity contribution in [1.82, 2.24) is 4.90 Å². The summed E-state index contributed by atoms with van der Waals surface area (Å²) in [6.07, 6.45) is 6.68. The molecule has 0 N–H and O–H groups in total. The number of benzene rings is 2. The molecular formula is C25H32N2O. The first-order chi connectivity index (χ1) is 13.7. The van der Waals surface area contributed by atoms with E-state index in [4.69, 9.17) is 0 Å². The number of nitrogens with zero attached hydrogens (tertiary/aromatic N) is 2. The third-order valence-electron chi connectivity index (χ3n) is 6.46. The van der Waals surface area contributed by atoms with Crippen molar-refractivity contribution in [3.05, 3.63) is 65.7 Å².